The van der Waals surface area contributed by atoms with Crippen molar-refractivity contribution in [3.63, 3.8) is 0 Å². The Bertz CT molecular complexity index is 839. The molecule has 0 spiro atoms. The molecule has 2 N–H and O–H groups in total. The molecular formula is C16H15FN4O. The van der Waals surface area contributed by atoms with Crippen LogP contribution in [0.1, 0.15) is 5.69 Å². The van der Waals surface area contributed by atoms with E-state index in [-0.39, 0.29) is 5.82 Å². The molecule has 0 aliphatic heterocycles. The average molecular weight is 298 g/mol. The van der Waals surface area contributed by atoms with Crippen LogP contribution in [0.2, 0.25) is 0 Å². The van der Waals surface area contributed by atoms with Crippen LogP contribution in [0.5, 0.6) is 0 Å². The van der Waals surface area contributed by atoms with Gasteiger partial charge in [0.1, 0.15) is 5.82 Å². The highest BCUT2D eigenvalue weighted by atomic mass is 19.1. The number of aromatic nitrogens is 2. The Balaban J connectivity index is 1.74. The standard InChI is InChI=1S/C16H15FN4O/c1-10-14-8-7-13(9-15(14)20-21(10)2)19-16(22)18-12-5-3-11(17)4-6-12/h3-9H,1-2H3,(H2,18,19,22). The quantitative estimate of drug-likeness (QED) is 0.758. The number of nitrogens with one attached hydrogen (secondary N) is 2. The second kappa shape index (κ2) is 5.48. The molecule has 5 nitrogen and oxygen atoms in total. The first kappa shape index (κ1) is 14.1. The van der Waals surface area contributed by atoms with Crippen LogP contribution in [0.15, 0.2) is 42.5 Å². The van der Waals surface area contributed by atoms with Crippen LogP contribution >= 0.6 is 0 Å². The van der Waals surface area contributed by atoms with E-state index in [4.69, 9.17) is 0 Å². The van der Waals surface area contributed by atoms with Gasteiger partial charge in [-0.2, -0.15) is 5.10 Å². The number of aryl methyl sites for hydroxylation is 2. The van der Waals surface area contributed by atoms with Crippen molar-refractivity contribution in [2.45, 2.75) is 6.92 Å². The van der Waals surface area contributed by atoms with Crippen molar-refractivity contribution >= 4 is 28.3 Å². The minimum absolute atomic E-state index is 0.345. The van der Waals surface area contributed by atoms with E-state index in [9.17, 15) is 9.18 Å². The van der Waals surface area contributed by atoms with Crippen molar-refractivity contribution in [3.05, 3.63) is 54.0 Å². The van der Waals surface area contributed by atoms with Gasteiger partial charge in [0.05, 0.1) is 5.52 Å². The minimum atomic E-state index is -0.390. The van der Waals surface area contributed by atoms with Crippen LogP contribution in [-0.4, -0.2) is 15.8 Å². The molecule has 0 aliphatic carbocycles. The number of amides is 2. The third kappa shape index (κ3) is 2.76. The summed E-state index contributed by atoms with van der Waals surface area (Å²) in [7, 11) is 1.88. The zero-order valence-electron chi connectivity index (χ0n) is 12.2. The summed E-state index contributed by atoms with van der Waals surface area (Å²) in [4.78, 5) is 11.9. The van der Waals surface area contributed by atoms with Gasteiger partial charge in [0.2, 0.25) is 0 Å². The first-order chi connectivity index (χ1) is 10.5. The topological polar surface area (TPSA) is 59.0 Å². The minimum Gasteiger partial charge on any atom is -0.308 e. The van der Waals surface area contributed by atoms with E-state index in [1.165, 1.54) is 24.3 Å². The van der Waals surface area contributed by atoms with Gasteiger partial charge in [0.15, 0.2) is 0 Å². The highest BCUT2D eigenvalue weighted by Gasteiger charge is 2.07. The zero-order chi connectivity index (χ0) is 15.7. The van der Waals surface area contributed by atoms with Crippen molar-refractivity contribution in [1.29, 1.82) is 0 Å². The summed E-state index contributed by atoms with van der Waals surface area (Å²) in [6.45, 7) is 1.99. The summed E-state index contributed by atoms with van der Waals surface area (Å²) in [5.74, 6) is -0.345. The molecule has 3 rings (SSSR count). The molecule has 22 heavy (non-hydrogen) atoms. The van der Waals surface area contributed by atoms with Crippen LogP contribution in [0.25, 0.3) is 10.9 Å². The van der Waals surface area contributed by atoms with Gasteiger partial charge in [-0.15, -0.1) is 0 Å². The summed E-state index contributed by atoms with van der Waals surface area (Å²) < 4.78 is 14.6. The maximum absolute atomic E-state index is 12.8. The SMILES string of the molecule is Cc1c2ccc(NC(=O)Nc3ccc(F)cc3)cc2nn1C. The predicted molar refractivity (Wildman–Crippen MR) is 84.5 cm³/mol. The lowest BCUT2D eigenvalue weighted by Crippen LogP contribution is -2.19. The van der Waals surface area contributed by atoms with E-state index in [1.807, 2.05) is 32.2 Å². The second-order valence-corrected chi connectivity index (χ2v) is 5.03. The van der Waals surface area contributed by atoms with E-state index in [0.717, 1.165) is 16.6 Å². The first-order valence-corrected chi connectivity index (χ1v) is 6.80. The predicted octanol–water partition coefficient (Wildman–Crippen LogP) is 3.66. The average Bonchev–Trinajstić information content (AvgIpc) is 2.76. The van der Waals surface area contributed by atoms with Crippen molar-refractivity contribution in [1.82, 2.24) is 9.78 Å². The smallest absolute Gasteiger partial charge is 0.308 e. The molecule has 0 radical (unpaired) electrons. The summed E-state index contributed by atoms with van der Waals surface area (Å²) in [5, 5.41) is 10.8. The molecule has 1 aromatic heterocycles. The number of anilines is 2. The Morgan fingerprint density at radius 2 is 1.73 bits per heavy atom. The molecule has 6 heteroatoms. The number of hydrogen-bond donors (Lipinski definition) is 2. The Hall–Kier alpha value is -2.89. The Labute approximate surface area is 126 Å². The van der Waals surface area contributed by atoms with E-state index in [0.29, 0.717) is 11.4 Å². The molecule has 2 aromatic carbocycles. The van der Waals surface area contributed by atoms with E-state index in [1.54, 1.807) is 4.68 Å². The third-order valence-corrected chi connectivity index (χ3v) is 3.49. The van der Waals surface area contributed by atoms with Crippen molar-refractivity contribution in [2.24, 2.45) is 7.05 Å². The highest BCUT2D eigenvalue weighted by molar-refractivity contribution is 6.01. The molecular weight excluding hydrogens is 283 g/mol. The number of carbonyl (C=O) groups is 1. The molecule has 2 amide bonds. The van der Waals surface area contributed by atoms with Crippen molar-refractivity contribution in [3.8, 4) is 0 Å². The largest absolute Gasteiger partial charge is 0.323 e. The molecule has 1 heterocycles. The normalized spacial score (nSPS) is 10.7. The Kier molecular flexibility index (Phi) is 3.50. The van der Waals surface area contributed by atoms with Gasteiger partial charge in [-0.3, -0.25) is 4.68 Å². The maximum Gasteiger partial charge on any atom is 0.323 e. The summed E-state index contributed by atoms with van der Waals surface area (Å²) in [6, 6.07) is 10.7. The fourth-order valence-corrected chi connectivity index (χ4v) is 2.24. The van der Waals surface area contributed by atoms with E-state index >= 15 is 0 Å². The molecule has 0 atom stereocenters. The number of benzene rings is 2. The molecule has 0 aliphatic rings. The molecule has 0 unspecified atom stereocenters. The Morgan fingerprint density at radius 1 is 1.09 bits per heavy atom. The molecule has 0 saturated carbocycles. The summed E-state index contributed by atoms with van der Waals surface area (Å²) >= 11 is 0. The van der Waals surface area contributed by atoms with E-state index < -0.39 is 6.03 Å². The lowest BCUT2D eigenvalue weighted by Gasteiger charge is -2.07. The summed E-state index contributed by atoms with van der Waals surface area (Å²) in [5.41, 5.74) is 3.05. The number of halogens is 1. The van der Waals surface area contributed by atoms with Gasteiger partial charge in [-0.05, 0) is 49.4 Å². The van der Waals surface area contributed by atoms with Gasteiger partial charge in [0.25, 0.3) is 0 Å². The van der Waals surface area contributed by atoms with Crippen LogP contribution < -0.4 is 10.6 Å². The molecule has 112 valence electrons. The maximum atomic E-state index is 12.8. The van der Waals surface area contributed by atoms with Crippen LogP contribution in [-0.2, 0) is 7.05 Å². The zero-order valence-corrected chi connectivity index (χ0v) is 12.2. The highest BCUT2D eigenvalue weighted by Crippen LogP contribution is 2.21. The summed E-state index contributed by atoms with van der Waals surface area (Å²) in [6.07, 6.45) is 0. The second-order valence-electron chi connectivity index (χ2n) is 5.03. The van der Waals surface area contributed by atoms with Crippen molar-refractivity contribution < 1.29 is 9.18 Å². The lowest BCUT2D eigenvalue weighted by atomic mass is 10.2. The number of urea groups is 1. The molecule has 3 aromatic rings. The first-order valence-electron chi connectivity index (χ1n) is 6.80. The molecule has 0 bridgehead atoms. The number of fused-ring (bicyclic) bond motifs is 1. The van der Waals surface area contributed by atoms with Gasteiger partial charge < -0.3 is 10.6 Å². The molecule has 0 fully saturated rings. The molecule has 0 saturated heterocycles. The monoisotopic (exact) mass is 298 g/mol. The number of rotatable bonds is 2. The van der Waals surface area contributed by atoms with E-state index in [2.05, 4.69) is 15.7 Å². The lowest BCUT2D eigenvalue weighted by molar-refractivity contribution is 0.262. The van der Waals surface area contributed by atoms with Gasteiger partial charge in [-0.25, -0.2) is 9.18 Å². The van der Waals surface area contributed by atoms with Crippen LogP contribution in [0, 0.1) is 12.7 Å². The van der Waals surface area contributed by atoms with Gasteiger partial charge in [-0.1, -0.05) is 0 Å². The Morgan fingerprint density at radius 3 is 2.45 bits per heavy atom. The fourth-order valence-electron chi connectivity index (χ4n) is 2.24. The van der Waals surface area contributed by atoms with Crippen molar-refractivity contribution in [2.75, 3.05) is 10.6 Å². The number of carbonyl (C=O) groups excluding carboxylic acids is 1. The fraction of sp³-hybridized carbons (Fsp3) is 0.125. The van der Waals surface area contributed by atoms with Gasteiger partial charge in [0, 0.05) is 29.5 Å². The number of hydrogen-bond acceptors (Lipinski definition) is 2. The van der Waals surface area contributed by atoms with Gasteiger partial charge >= 0.3 is 6.03 Å². The van der Waals surface area contributed by atoms with Crippen LogP contribution in [0.3, 0.4) is 0 Å². The number of nitrogens with zero attached hydrogens (tertiary/aromatic N) is 2. The van der Waals surface area contributed by atoms with Crippen LogP contribution in [0.4, 0.5) is 20.6 Å². The third-order valence-electron chi connectivity index (χ3n) is 3.49.